The average Bonchev–Trinajstić information content (AvgIpc) is 3.31. The Hall–Kier alpha value is -1.35. The van der Waals surface area contributed by atoms with Crippen LogP contribution in [0.3, 0.4) is 0 Å². The summed E-state index contributed by atoms with van der Waals surface area (Å²) >= 11 is 0. The lowest BCUT2D eigenvalue weighted by atomic mass is 10.1. The minimum Gasteiger partial charge on any atom is -0.404 e. The van der Waals surface area contributed by atoms with Crippen molar-refractivity contribution in [3.05, 3.63) is 24.0 Å². The molecule has 134 valence electrons. The van der Waals surface area contributed by atoms with E-state index in [1.807, 2.05) is 0 Å². The number of rotatable bonds is 6. The Bertz CT molecular complexity index is 715. The van der Waals surface area contributed by atoms with Crippen LogP contribution >= 0.6 is 0 Å². The van der Waals surface area contributed by atoms with Crippen LogP contribution in [0, 0.1) is 17.7 Å². The van der Waals surface area contributed by atoms with E-state index in [-0.39, 0.29) is 17.9 Å². The smallest absolute Gasteiger partial charge is 0.404 e. The normalized spacial score (nSPS) is 19.1. The molecule has 2 aliphatic rings. The number of hydrogen-bond donors (Lipinski definition) is 0. The molecule has 0 atom stereocenters. The van der Waals surface area contributed by atoms with E-state index in [1.54, 1.807) is 0 Å². The Balaban J connectivity index is 1.99. The number of halogens is 4. The van der Waals surface area contributed by atoms with Crippen molar-refractivity contribution in [3.63, 3.8) is 0 Å². The summed E-state index contributed by atoms with van der Waals surface area (Å²) in [6.07, 6.45) is -1.59. The Morgan fingerprint density at radius 1 is 1.17 bits per heavy atom. The first-order valence-corrected chi connectivity index (χ1v) is 9.07. The average molecular weight is 367 g/mol. The highest BCUT2D eigenvalue weighted by Gasteiger charge is 2.48. The van der Waals surface area contributed by atoms with E-state index in [0.29, 0.717) is 0 Å². The van der Waals surface area contributed by atoms with Crippen LogP contribution in [0.5, 0.6) is 5.75 Å². The van der Waals surface area contributed by atoms with Gasteiger partial charge in [0.05, 0.1) is 0 Å². The summed E-state index contributed by atoms with van der Waals surface area (Å²) in [5, 5.41) is 0. The Morgan fingerprint density at radius 3 is 2.17 bits per heavy atom. The summed E-state index contributed by atoms with van der Waals surface area (Å²) in [5.41, 5.74) is 0. The zero-order valence-corrected chi connectivity index (χ0v) is 13.7. The van der Waals surface area contributed by atoms with Crippen molar-refractivity contribution in [2.45, 2.75) is 43.0 Å². The van der Waals surface area contributed by atoms with Crippen LogP contribution in [-0.4, -0.2) is 32.2 Å². The maximum atomic E-state index is 14.1. The first-order valence-electron chi connectivity index (χ1n) is 7.63. The van der Waals surface area contributed by atoms with E-state index < -0.39 is 32.8 Å². The second-order valence-corrected chi connectivity index (χ2v) is 8.24. The first-order chi connectivity index (χ1) is 11.1. The lowest BCUT2D eigenvalue weighted by molar-refractivity contribution is -0.275. The van der Waals surface area contributed by atoms with Gasteiger partial charge in [0.15, 0.2) is 10.6 Å². The van der Waals surface area contributed by atoms with Crippen molar-refractivity contribution in [2.75, 3.05) is 7.05 Å². The van der Waals surface area contributed by atoms with Gasteiger partial charge in [0.25, 0.3) is 0 Å². The molecule has 2 saturated carbocycles. The predicted octanol–water partition coefficient (Wildman–Crippen LogP) is 3.53. The third-order valence-corrected chi connectivity index (χ3v) is 6.34. The molecule has 0 unspecified atom stereocenters. The fourth-order valence-corrected chi connectivity index (χ4v) is 4.73. The van der Waals surface area contributed by atoms with Crippen molar-refractivity contribution in [1.29, 1.82) is 0 Å². The van der Waals surface area contributed by atoms with Crippen molar-refractivity contribution < 1.29 is 30.7 Å². The Kier molecular flexibility index (Phi) is 4.28. The molecule has 0 N–H and O–H groups in total. The maximum absolute atomic E-state index is 14.1. The molecule has 0 aromatic heterocycles. The largest absolute Gasteiger partial charge is 0.573 e. The van der Waals surface area contributed by atoms with E-state index in [9.17, 15) is 26.0 Å². The highest BCUT2D eigenvalue weighted by Crippen LogP contribution is 2.48. The summed E-state index contributed by atoms with van der Waals surface area (Å²) in [5.74, 6) is -1.92. The van der Waals surface area contributed by atoms with Crippen molar-refractivity contribution >= 4 is 10.0 Å². The number of benzene rings is 1. The Labute approximate surface area is 137 Å². The summed E-state index contributed by atoms with van der Waals surface area (Å²) in [4.78, 5) is -1.06. The molecule has 4 nitrogen and oxygen atoms in total. The molecule has 0 bridgehead atoms. The minimum absolute atomic E-state index is 0.191. The third-order valence-electron chi connectivity index (χ3n) is 4.42. The second kappa shape index (κ2) is 5.87. The molecule has 24 heavy (non-hydrogen) atoms. The van der Waals surface area contributed by atoms with Gasteiger partial charge in [-0.3, -0.25) is 0 Å². The van der Waals surface area contributed by atoms with Gasteiger partial charge in [0, 0.05) is 13.1 Å². The Morgan fingerprint density at radius 2 is 1.71 bits per heavy atom. The molecule has 0 spiro atoms. The van der Waals surface area contributed by atoms with E-state index in [2.05, 4.69) is 4.74 Å². The predicted molar refractivity (Wildman–Crippen MR) is 77.3 cm³/mol. The van der Waals surface area contributed by atoms with E-state index in [1.165, 1.54) is 7.05 Å². The summed E-state index contributed by atoms with van der Waals surface area (Å²) in [6, 6.07) is 2.30. The topological polar surface area (TPSA) is 46.6 Å². The SMILES string of the molecule is CN(C(C1CC1)C1CC1)S(=O)(=O)c1c(F)cccc1OC(F)(F)F. The van der Waals surface area contributed by atoms with Gasteiger partial charge < -0.3 is 4.74 Å². The lowest BCUT2D eigenvalue weighted by Gasteiger charge is -2.28. The van der Waals surface area contributed by atoms with Crippen LogP contribution < -0.4 is 4.74 Å². The molecule has 0 amide bonds. The third kappa shape index (κ3) is 3.51. The van der Waals surface area contributed by atoms with Crippen molar-refractivity contribution in [1.82, 2.24) is 4.31 Å². The van der Waals surface area contributed by atoms with Gasteiger partial charge in [-0.1, -0.05) is 6.07 Å². The monoisotopic (exact) mass is 367 g/mol. The van der Waals surface area contributed by atoms with Crippen LogP contribution in [-0.2, 0) is 10.0 Å². The standard InChI is InChI=1S/C15H17F4NO3S/c1-20(13(9-5-6-9)10-7-8-10)24(21,22)14-11(16)3-2-4-12(14)23-15(17,18)19/h2-4,9-10,13H,5-8H2,1H3. The molecule has 3 rings (SSSR count). The van der Waals surface area contributed by atoms with E-state index in [4.69, 9.17) is 0 Å². The van der Waals surface area contributed by atoms with Crippen LogP contribution in [0.15, 0.2) is 23.1 Å². The van der Waals surface area contributed by atoms with Crippen molar-refractivity contribution in [3.8, 4) is 5.75 Å². The van der Waals surface area contributed by atoms with E-state index >= 15 is 0 Å². The fourth-order valence-electron chi connectivity index (χ4n) is 3.10. The number of hydrogen-bond acceptors (Lipinski definition) is 3. The molecule has 0 aliphatic heterocycles. The quantitative estimate of drug-likeness (QED) is 0.723. The molecule has 9 heteroatoms. The number of nitrogens with zero attached hydrogens (tertiary/aromatic N) is 1. The number of alkyl halides is 3. The molecule has 0 radical (unpaired) electrons. The molecular formula is C15H17F4NO3S. The number of ether oxygens (including phenoxy) is 1. The highest BCUT2D eigenvalue weighted by atomic mass is 32.2. The highest BCUT2D eigenvalue weighted by molar-refractivity contribution is 7.89. The fraction of sp³-hybridized carbons (Fsp3) is 0.600. The van der Waals surface area contributed by atoms with Crippen LogP contribution in [0.25, 0.3) is 0 Å². The summed E-state index contributed by atoms with van der Waals surface area (Å²) in [6.45, 7) is 0. The van der Waals surface area contributed by atoms with Gasteiger partial charge in [-0.15, -0.1) is 13.2 Å². The maximum Gasteiger partial charge on any atom is 0.573 e. The molecule has 0 saturated heterocycles. The van der Waals surface area contributed by atoms with Gasteiger partial charge in [0.1, 0.15) is 5.82 Å². The lowest BCUT2D eigenvalue weighted by Crippen LogP contribution is -2.40. The zero-order chi connectivity index (χ0) is 17.7. The van der Waals surface area contributed by atoms with Crippen LogP contribution in [0.1, 0.15) is 25.7 Å². The number of sulfonamides is 1. The van der Waals surface area contributed by atoms with Gasteiger partial charge in [-0.05, 0) is 49.7 Å². The summed E-state index contributed by atoms with van der Waals surface area (Å²) < 4.78 is 82.1. The van der Waals surface area contributed by atoms with Gasteiger partial charge >= 0.3 is 6.36 Å². The molecule has 2 aliphatic carbocycles. The van der Waals surface area contributed by atoms with Crippen LogP contribution in [0.2, 0.25) is 0 Å². The second-order valence-electron chi connectivity index (χ2n) is 6.30. The molecule has 0 heterocycles. The molecular weight excluding hydrogens is 350 g/mol. The van der Waals surface area contributed by atoms with Gasteiger partial charge in [0.2, 0.25) is 10.0 Å². The van der Waals surface area contributed by atoms with Gasteiger partial charge in [-0.25, -0.2) is 12.8 Å². The molecule has 1 aromatic rings. The zero-order valence-electron chi connectivity index (χ0n) is 12.9. The first kappa shape index (κ1) is 17.5. The van der Waals surface area contributed by atoms with Crippen molar-refractivity contribution in [2.24, 2.45) is 11.8 Å². The minimum atomic E-state index is -5.11. The summed E-state index contributed by atoms with van der Waals surface area (Å²) in [7, 11) is -3.14. The van der Waals surface area contributed by atoms with Crippen LogP contribution in [0.4, 0.5) is 17.6 Å². The van der Waals surface area contributed by atoms with Gasteiger partial charge in [-0.2, -0.15) is 4.31 Å². The van der Waals surface area contributed by atoms with E-state index in [0.717, 1.165) is 48.2 Å². The molecule has 1 aromatic carbocycles. The molecule has 2 fully saturated rings.